The molecule has 152 valence electrons. The van der Waals surface area contributed by atoms with Crippen molar-refractivity contribution < 1.29 is 9.32 Å². The first kappa shape index (κ1) is 17.2. The summed E-state index contributed by atoms with van der Waals surface area (Å²) in [6.07, 6.45) is 7.36. The summed E-state index contributed by atoms with van der Waals surface area (Å²) in [5.41, 5.74) is 0.536. The van der Waals surface area contributed by atoms with Gasteiger partial charge in [-0.1, -0.05) is 5.16 Å². The zero-order chi connectivity index (χ0) is 19.1. The standard InChI is InChI=1S/C21H31N5O2/c1-13-22-19(28-24-13)25-7-6-21(12-25)8-14(9-21)26-10-15-16(11-26)17(15)18(27)23-20(2)4-3-5-20/h14-17H,3-12H2,1-2H3,(H,23,27)/t14?,15-,16+,17-,21?. The maximum atomic E-state index is 12.6. The van der Waals surface area contributed by atoms with Crippen LogP contribution in [0.1, 0.15) is 51.3 Å². The zero-order valence-corrected chi connectivity index (χ0v) is 17.0. The van der Waals surface area contributed by atoms with E-state index in [2.05, 4.69) is 32.2 Å². The number of hydrogen-bond donors (Lipinski definition) is 1. The molecule has 1 amide bonds. The number of hydrogen-bond acceptors (Lipinski definition) is 6. The second-order valence-electron chi connectivity index (χ2n) is 10.6. The van der Waals surface area contributed by atoms with Crippen molar-refractivity contribution in [3.05, 3.63) is 5.82 Å². The lowest BCUT2D eigenvalue weighted by Gasteiger charge is -2.49. The van der Waals surface area contributed by atoms with E-state index < -0.39 is 0 Å². The molecule has 3 heterocycles. The van der Waals surface area contributed by atoms with Crippen LogP contribution in [-0.2, 0) is 4.79 Å². The van der Waals surface area contributed by atoms with Crippen LogP contribution in [0.4, 0.5) is 6.01 Å². The molecular weight excluding hydrogens is 354 g/mol. The first-order chi connectivity index (χ1) is 13.4. The summed E-state index contributed by atoms with van der Waals surface area (Å²) in [5, 5.41) is 7.26. The number of aromatic nitrogens is 2. The van der Waals surface area contributed by atoms with Crippen LogP contribution < -0.4 is 10.2 Å². The van der Waals surface area contributed by atoms with Gasteiger partial charge in [0.15, 0.2) is 5.82 Å². The van der Waals surface area contributed by atoms with Crippen molar-refractivity contribution in [2.75, 3.05) is 31.1 Å². The second kappa shape index (κ2) is 5.71. The number of nitrogens with one attached hydrogen (secondary N) is 1. The largest absolute Gasteiger partial charge is 0.351 e. The van der Waals surface area contributed by atoms with Crippen molar-refractivity contribution in [1.29, 1.82) is 0 Å². The topological polar surface area (TPSA) is 74.5 Å². The van der Waals surface area contributed by atoms with Crippen LogP contribution in [0.3, 0.4) is 0 Å². The first-order valence-corrected chi connectivity index (χ1v) is 11.1. The molecule has 1 spiro atoms. The van der Waals surface area contributed by atoms with Crippen molar-refractivity contribution in [3.8, 4) is 0 Å². The Kier molecular flexibility index (Phi) is 3.52. The highest BCUT2D eigenvalue weighted by molar-refractivity contribution is 5.83. The smallest absolute Gasteiger partial charge is 0.324 e. The molecular formula is C21H31N5O2. The molecule has 2 saturated heterocycles. The number of carbonyl (C=O) groups is 1. The molecule has 2 aliphatic heterocycles. The molecule has 28 heavy (non-hydrogen) atoms. The average molecular weight is 386 g/mol. The van der Waals surface area contributed by atoms with Gasteiger partial charge in [0.25, 0.3) is 0 Å². The first-order valence-electron chi connectivity index (χ1n) is 11.1. The van der Waals surface area contributed by atoms with Crippen LogP contribution in [0.15, 0.2) is 4.52 Å². The number of rotatable bonds is 4. The summed E-state index contributed by atoms with van der Waals surface area (Å²) in [6, 6.07) is 1.40. The Bertz CT molecular complexity index is 784. The van der Waals surface area contributed by atoms with E-state index in [0.717, 1.165) is 39.0 Å². The molecule has 7 nitrogen and oxygen atoms in total. The normalized spacial score (nSPS) is 40.9. The number of fused-ring (bicyclic) bond motifs is 1. The van der Waals surface area contributed by atoms with Crippen molar-refractivity contribution in [2.45, 2.75) is 64.0 Å². The second-order valence-corrected chi connectivity index (χ2v) is 10.6. The van der Waals surface area contributed by atoms with Gasteiger partial charge in [-0.05, 0) is 69.6 Å². The van der Waals surface area contributed by atoms with E-state index in [9.17, 15) is 4.79 Å². The van der Waals surface area contributed by atoms with E-state index in [1.165, 1.54) is 25.7 Å². The molecule has 3 atom stereocenters. The van der Waals surface area contributed by atoms with Crippen LogP contribution >= 0.6 is 0 Å². The highest BCUT2D eigenvalue weighted by Gasteiger charge is 2.62. The Labute approximate surface area is 166 Å². The molecule has 0 radical (unpaired) electrons. The molecule has 3 aliphatic carbocycles. The molecule has 1 aromatic heterocycles. The summed E-state index contributed by atoms with van der Waals surface area (Å²) in [6.45, 7) is 8.42. The molecule has 6 rings (SSSR count). The van der Waals surface area contributed by atoms with Gasteiger partial charge in [0.05, 0.1) is 0 Å². The van der Waals surface area contributed by atoms with Gasteiger partial charge >= 0.3 is 6.01 Å². The van der Waals surface area contributed by atoms with E-state index in [4.69, 9.17) is 4.52 Å². The molecule has 0 bridgehead atoms. The third kappa shape index (κ3) is 2.61. The SMILES string of the molecule is Cc1noc(N2CCC3(CC(N4C[C@@H]5[C@H](C4)[C@@H]5C(=O)NC4(C)CCC4)C3)C2)n1. The number of anilines is 1. The minimum absolute atomic E-state index is 0.0965. The summed E-state index contributed by atoms with van der Waals surface area (Å²) in [7, 11) is 0. The Morgan fingerprint density at radius 1 is 1.21 bits per heavy atom. The van der Waals surface area contributed by atoms with Gasteiger partial charge in [-0.25, -0.2) is 0 Å². The lowest BCUT2D eigenvalue weighted by atomic mass is 9.64. The molecule has 1 N–H and O–H groups in total. The Morgan fingerprint density at radius 2 is 1.96 bits per heavy atom. The molecule has 5 fully saturated rings. The molecule has 0 aromatic carbocycles. The number of likely N-dealkylation sites (tertiary alicyclic amines) is 1. The van der Waals surface area contributed by atoms with Crippen LogP contribution in [0.2, 0.25) is 0 Å². The minimum Gasteiger partial charge on any atom is -0.351 e. The van der Waals surface area contributed by atoms with Gasteiger partial charge in [-0.15, -0.1) is 0 Å². The van der Waals surface area contributed by atoms with Gasteiger partial charge in [-0.3, -0.25) is 9.69 Å². The number of piperidine rings is 1. The monoisotopic (exact) mass is 385 g/mol. The quantitative estimate of drug-likeness (QED) is 0.854. The summed E-state index contributed by atoms with van der Waals surface area (Å²) in [4.78, 5) is 21.9. The van der Waals surface area contributed by atoms with Crippen LogP contribution in [0, 0.1) is 30.1 Å². The molecule has 7 heteroatoms. The average Bonchev–Trinajstić information content (AvgIpc) is 3.05. The van der Waals surface area contributed by atoms with Gasteiger partial charge in [0.2, 0.25) is 5.91 Å². The third-order valence-corrected chi connectivity index (χ3v) is 8.49. The predicted molar refractivity (Wildman–Crippen MR) is 104 cm³/mol. The number of amides is 1. The highest BCUT2D eigenvalue weighted by Crippen LogP contribution is 2.57. The molecule has 1 aromatic rings. The molecule has 3 saturated carbocycles. The lowest BCUT2D eigenvalue weighted by Crippen LogP contribution is -2.54. The summed E-state index contributed by atoms with van der Waals surface area (Å²) < 4.78 is 5.35. The van der Waals surface area contributed by atoms with Gasteiger partial charge < -0.3 is 14.7 Å². The Balaban J connectivity index is 0.991. The lowest BCUT2D eigenvalue weighted by molar-refractivity contribution is -0.126. The number of nitrogens with zero attached hydrogens (tertiary/aromatic N) is 4. The zero-order valence-electron chi connectivity index (χ0n) is 17.0. The number of aryl methyl sites for hydroxylation is 1. The predicted octanol–water partition coefficient (Wildman–Crippen LogP) is 1.97. The van der Waals surface area contributed by atoms with Crippen LogP contribution in [0.5, 0.6) is 0 Å². The summed E-state index contributed by atoms with van der Waals surface area (Å²) >= 11 is 0. The Hall–Kier alpha value is -1.63. The fourth-order valence-electron chi connectivity index (χ4n) is 6.50. The summed E-state index contributed by atoms with van der Waals surface area (Å²) in [5.74, 6) is 2.57. The van der Waals surface area contributed by atoms with Crippen molar-refractivity contribution in [2.24, 2.45) is 23.2 Å². The highest BCUT2D eigenvalue weighted by atomic mass is 16.5. The maximum Gasteiger partial charge on any atom is 0.324 e. The fourth-order valence-corrected chi connectivity index (χ4v) is 6.50. The van der Waals surface area contributed by atoms with E-state index in [1.54, 1.807) is 0 Å². The van der Waals surface area contributed by atoms with Gasteiger partial charge in [0, 0.05) is 43.7 Å². The fraction of sp³-hybridized carbons (Fsp3) is 0.857. The maximum absolute atomic E-state index is 12.6. The minimum atomic E-state index is 0.0965. The van der Waals surface area contributed by atoms with Crippen molar-refractivity contribution in [1.82, 2.24) is 20.4 Å². The number of carbonyl (C=O) groups excluding carboxylic acids is 1. The van der Waals surface area contributed by atoms with E-state index in [-0.39, 0.29) is 5.54 Å². The van der Waals surface area contributed by atoms with Crippen LogP contribution in [-0.4, -0.2) is 58.7 Å². The van der Waals surface area contributed by atoms with Gasteiger partial charge in [0.1, 0.15) is 0 Å². The van der Waals surface area contributed by atoms with E-state index >= 15 is 0 Å². The third-order valence-electron chi connectivity index (χ3n) is 8.49. The Morgan fingerprint density at radius 3 is 2.57 bits per heavy atom. The van der Waals surface area contributed by atoms with E-state index in [0.29, 0.717) is 47.0 Å². The van der Waals surface area contributed by atoms with Crippen LogP contribution in [0.25, 0.3) is 0 Å². The van der Waals surface area contributed by atoms with E-state index in [1.807, 2.05) is 6.92 Å². The van der Waals surface area contributed by atoms with Crippen molar-refractivity contribution in [3.63, 3.8) is 0 Å². The van der Waals surface area contributed by atoms with Crippen molar-refractivity contribution >= 4 is 11.9 Å². The van der Waals surface area contributed by atoms with Gasteiger partial charge in [-0.2, -0.15) is 4.98 Å². The molecule has 0 unspecified atom stereocenters. The molecule has 5 aliphatic rings.